The quantitative estimate of drug-likeness (QED) is 0.490. The SMILES string of the molecule is COC(=O)N1CCN(c2cc(=O)c3cc(C)cc(C(C)Nc4ccccc4C(O)O)c3o2)CC1. The van der Waals surface area contributed by atoms with Crippen LogP contribution >= 0.6 is 0 Å². The van der Waals surface area contributed by atoms with Gasteiger partial charge in [0.25, 0.3) is 0 Å². The third kappa shape index (κ3) is 4.71. The predicted molar refractivity (Wildman–Crippen MR) is 129 cm³/mol. The third-order valence-corrected chi connectivity index (χ3v) is 6.09. The second-order valence-corrected chi connectivity index (χ2v) is 8.45. The Morgan fingerprint density at radius 2 is 1.79 bits per heavy atom. The molecular formula is C25H29N3O6. The predicted octanol–water partition coefficient (Wildman–Crippen LogP) is 3.15. The lowest BCUT2D eigenvalue weighted by molar-refractivity contribution is -0.0419. The minimum absolute atomic E-state index is 0.144. The minimum atomic E-state index is -1.61. The molecule has 3 N–H and O–H groups in total. The first-order valence-electron chi connectivity index (χ1n) is 11.2. The number of fused-ring (bicyclic) bond motifs is 1. The van der Waals surface area contributed by atoms with Crippen molar-refractivity contribution in [3.63, 3.8) is 0 Å². The average molecular weight is 468 g/mol. The fraction of sp³-hybridized carbons (Fsp3) is 0.360. The third-order valence-electron chi connectivity index (χ3n) is 6.09. The number of amides is 1. The summed E-state index contributed by atoms with van der Waals surface area (Å²) in [5.41, 5.74) is 2.97. The molecule has 0 aliphatic carbocycles. The number of anilines is 2. The number of nitrogens with one attached hydrogen (secondary N) is 1. The number of aliphatic hydroxyl groups excluding tert-OH is 1. The van der Waals surface area contributed by atoms with E-state index >= 15 is 0 Å². The molecule has 1 aromatic heterocycles. The maximum Gasteiger partial charge on any atom is 0.409 e. The number of para-hydroxylation sites is 1. The largest absolute Gasteiger partial charge is 0.453 e. The maximum atomic E-state index is 13.0. The van der Waals surface area contributed by atoms with Crippen molar-refractivity contribution in [1.82, 2.24) is 4.90 Å². The molecule has 0 spiro atoms. The van der Waals surface area contributed by atoms with E-state index in [2.05, 4.69) is 5.32 Å². The van der Waals surface area contributed by atoms with Crippen LogP contribution in [0.1, 0.15) is 35.9 Å². The molecule has 180 valence electrons. The van der Waals surface area contributed by atoms with Crippen molar-refractivity contribution < 1.29 is 24.2 Å². The minimum Gasteiger partial charge on any atom is -0.453 e. The molecule has 4 rings (SSSR count). The first-order chi connectivity index (χ1) is 16.3. The van der Waals surface area contributed by atoms with Crippen molar-refractivity contribution in [1.29, 1.82) is 0 Å². The van der Waals surface area contributed by atoms with Gasteiger partial charge in [-0.25, -0.2) is 4.79 Å². The molecule has 1 saturated heterocycles. The zero-order chi connectivity index (χ0) is 24.4. The van der Waals surface area contributed by atoms with Crippen LogP contribution in [0, 0.1) is 6.92 Å². The number of methoxy groups -OCH3 is 1. The van der Waals surface area contributed by atoms with E-state index < -0.39 is 6.29 Å². The second-order valence-electron chi connectivity index (χ2n) is 8.45. The van der Waals surface area contributed by atoms with Crippen molar-refractivity contribution in [2.24, 2.45) is 0 Å². The molecule has 1 aliphatic rings. The molecule has 0 radical (unpaired) electrons. The van der Waals surface area contributed by atoms with Crippen LogP contribution in [0.2, 0.25) is 0 Å². The van der Waals surface area contributed by atoms with Gasteiger partial charge in [-0.2, -0.15) is 0 Å². The molecule has 0 saturated carbocycles. The molecule has 1 fully saturated rings. The Morgan fingerprint density at radius 3 is 2.47 bits per heavy atom. The smallest absolute Gasteiger partial charge is 0.409 e. The Balaban J connectivity index is 1.69. The summed E-state index contributed by atoms with van der Waals surface area (Å²) in [4.78, 5) is 28.4. The van der Waals surface area contributed by atoms with Gasteiger partial charge in [0.2, 0.25) is 0 Å². The number of ether oxygens (including phenoxy) is 1. The summed E-state index contributed by atoms with van der Waals surface area (Å²) in [6.45, 7) is 5.80. The molecular weight excluding hydrogens is 438 g/mol. The van der Waals surface area contributed by atoms with E-state index in [0.29, 0.717) is 54.3 Å². The van der Waals surface area contributed by atoms with Crippen LogP contribution in [-0.4, -0.2) is 54.5 Å². The van der Waals surface area contributed by atoms with Gasteiger partial charge in [0.15, 0.2) is 17.6 Å². The molecule has 34 heavy (non-hydrogen) atoms. The Kier molecular flexibility index (Phi) is 6.76. The second kappa shape index (κ2) is 9.74. The Labute approximate surface area is 197 Å². The standard InChI is InChI=1S/C25H29N3O6/c1-15-12-18(16(2)26-20-7-5-4-6-17(20)24(30)31)23-19(13-15)21(29)14-22(34-23)27-8-10-28(11-9-27)25(32)33-3/h4-7,12-14,16,24,26,30-31H,8-11H2,1-3H3. The molecule has 1 atom stereocenters. The fourth-order valence-corrected chi connectivity index (χ4v) is 4.30. The van der Waals surface area contributed by atoms with Crippen LogP contribution in [0.3, 0.4) is 0 Å². The highest BCUT2D eigenvalue weighted by atomic mass is 16.5. The van der Waals surface area contributed by atoms with Crippen molar-refractivity contribution in [3.05, 3.63) is 69.4 Å². The number of carbonyl (C=O) groups excluding carboxylic acids is 1. The lowest BCUT2D eigenvalue weighted by atomic mass is 10.0. The van der Waals surface area contributed by atoms with Crippen molar-refractivity contribution in [2.75, 3.05) is 43.5 Å². The number of hydrogen-bond acceptors (Lipinski definition) is 8. The molecule has 2 heterocycles. The highest BCUT2D eigenvalue weighted by Gasteiger charge is 2.24. The van der Waals surface area contributed by atoms with Gasteiger partial charge in [0.05, 0.1) is 18.5 Å². The van der Waals surface area contributed by atoms with Gasteiger partial charge < -0.3 is 34.5 Å². The highest BCUT2D eigenvalue weighted by molar-refractivity contribution is 5.82. The van der Waals surface area contributed by atoms with Gasteiger partial charge in [0, 0.05) is 49.1 Å². The summed E-state index contributed by atoms with van der Waals surface area (Å²) in [6.07, 6.45) is -1.98. The molecule has 1 aliphatic heterocycles. The van der Waals surface area contributed by atoms with Crippen LogP contribution in [0.4, 0.5) is 16.4 Å². The Bertz CT molecular complexity index is 1250. The molecule has 9 nitrogen and oxygen atoms in total. The van der Waals surface area contributed by atoms with Crippen molar-refractivity contribution in [3.8, 4) is 0 Å². The normalized spacial score (nSPS) is 15.0. The number of carbonyl (C=O) groups is 1. The summed E-state index contributed by atoms with van der Waals surface area (Å²) in [5.74, 6) is 0.450. The number of benzene rings is 2. The number of rotatable bonds is 5. The van der Waals surface area contributed by atoms with E-state index in [-0.39, 0.29) is 17.6 Å². The van der Waals surface area contributed by atoms with Crippen molar-refractivity contribution in [2.45, 2.75) is 26.2 Å². The summed E-state index contributed by atoms with van der Waals surface area (Å²) in [6, 6.07) is 11.9. The molecule has 1 amide bonds. The van der Waals surface area contributed by atoms with E-state index in [0.717, 1.165) is 11.1 Å². The van der Waals surface area contributed by atoms with E-state index in [9.17, 15) is 19.8 Å². The lowest BCUT2D eigenvalue weighted by Gasteiger charge is -2.34. The van der Waals surface area contributed by atoms with Gasteiger partial charge in [-0.1, -0.05) is 24.3 Å². The number of aliphatic hydroxyl groups is 2. The highest BCUT2D eigenvalue weighted by Crippen LogP contribution is 2.32. The van der Waals surface area contributed by atoms with Gasteiger partial charge in [-0.15, -0.1) is 0 Å². The summed E-state index contributed by atoms with van der Waals surface area (Å²) >= 11 is 0. The first kappa shape index (κ1) is 23.6. The Hall–Kier alpha value is -3.56. The molecule has 0 bridgehead atoms. The van der Waals surface area contributed by atoms with Crippen LogP contribution in [0.25, 0.3) is 11.0 Å². The summed E-state index contributed by atoms with van der Waals surface area (Å²) in [5, 5.41) is 23.2. The van der Waals surface area contributed by atoms with Gasteiger partial charge in [-0.05, 0) is 31.5 Å². The number of hydrogen-bond donors (Lipinski definition) is 3. The summed E-state index contributed by atoms with van der Waals surface area (Å²) < 4.78 is 11.1. The summed E-state index contributed by atoms with van der Waals surface area (Å²) in [7, 11) is 1.36. The van der Waals surface area contributed by atoms with E-state index in [1.165, 1.54) is 13.2 Å². The zero-order valence-electron chi connectivity index (χ0n) is 19.4. The van der Waals surface area contributed by atoms with Gasteiger partial charge in [-0.3, -0.25) is 4.79 Å². The number of piperazine rings is 1. The van der Waals surface area contributed by atoms with Crippen LogP contribution in [0.5, 0.6) is 0 Å². The lowest BCUT2D eigenvalue weighted by Crippen LogP contribution is -2.48. The molecule has 3 aromatic rings. The average Bonchev–Trinajstić information content (AvgIpc) is 2.83. The molecule has 2 aromatic carbocycles. The first-order valence-corrected chi connectivity index (χ1v) is 11.2. The topological polar surface area (TPSA) is 115 Å². The zero-order valence-corrected chi connectivity index (χ0v) is 19.4. The van der Waals surface area contributed by atoms with E-state index in [1.54, 1.807) is 23.1 Å². The fourth-order valence-electron chi connectivity index (χ4n) is 4.30. The van der Waals surface area contributed by atoms with Crippen LogP contribution in [0.15, 0.2) is 51.7 Å². The number of aryl methyl sites for hydroxylation is 1. The van der Waals surface area contributed by atoms with Crippen LogP contribution in [-0.2, 0) is 4.74 Å². The maximum absolute atomic E-state index is 13.0. The Morgan fingerprint density at radius 1 is 1.09 bits per heavy atom. The van der Waals surface area contributed by atoms with Crippen molar-refractivity contribution >= 4 is 28.6 Å². The monoisotopic (exact) mass is 467 g/mol. The van der Waals surface area contributed by atoms with E-state index in [1.807, 2.05) is 36.9 Å². The van der Waals surface area contributed by atoms with Gasteiger partial charge in [0.1, 0.15) is 5.58 Å². The van der Waals surface area contributed by atoms with Crippen LogP contribution < -0.4 is 15.6 Å². The molecule has 1 unspecified atom stereocenters. The number of nitrogens with zero attached hydrogens (tertiary/aromatic N) is 2. The van der Waals surface area contributed by atoms with Gasteiger partial charge >= 0.3 is 6.09 Å². The van der Waals surface area contributed by atoms with E-state index in [4.69, 9.17) is 9.15 Å². The molecule has 9 heteroatoms.